The Hall–Kier alpha value is -1.50. The molecule has 0 aliphatic carbocycles. The third-order valence-electron chi connectivity index (χ3n) is 0.579. The Bertz CT molecular complexity index is 246. The molecular formula is C4H2N2O2. The summed E-state index contributed by atoms with van der Waals surface area (Å²) in [6.07, 6.45) is 2.12. The zero-order chi connectivity index (χ0) is 5.98. The smallest absolute Gasteiger partial charge is 0.266 e. The summed E-state index contributed by atoms with van der Waals surface area (Å²) in [5, 5.41) is 0. The molecule has 4 nitrogen and oxygen atoms in total. The number of hydrogen-bond donors (Lipinski definition) is 2. The Kier molecular flexibility index (Phi) is 0.897. The van der Waals surface area contributed by atoms with Crippen molar-refractivity contribution < 1.29 is 0 Å². The van der Waals surface area contributed by atoms with E-state index in [4.69, 9.17) is 0 Å². The van der Waals surface area contributed by atoms with E-state index >= 15 is 0 Å². The van der Waals surface area contributed by atoms with Gasteiger partial charge in [0.2, 0.25) is 0 Å². The van der Waals surface area contributed by atoms with Crippen molar-refractivity contribution in [1.29, 1.82) is 0 Å². The second-order valence-electron chi connectivity index (χ2n) is 1.16. The normalized spacial score (nSPS) is 8.00. The molecule has 0 saturated heterocycles. The van der Waals surface area contributed by atoms with Crippen LogP contribution >= 0.6 is 0 Å². The van der Waals surface area contributed by atoms with Crippen LogP contribution in [0, 0.1) is 12.3 Å². The predicted molar refractivity (Wildman–Crippen MR) is 25.4 cm³/mol. The highest BCUT2D eigenvalue weighted by molar-refractivity contribution is 4.64. The van der Waals surface area contributed by atoms with Crippen molar-refractivity contribution in [3.05, 3.63) is 33.1 Å². The summed E-state index contributed by atoms with van der Waals surface area (Å²) in [6, 6.07) is 2.08. The van der Waals surface area contributed by atoms with Crippen LogP contribution < -0.4 is 11.2 Å². The van der Waals surface area contributed by atoms with E-state index in [1.165, 1.54) is 0 Å². The minimum atomic E-state index is -0.561. The number of aromatic amines is 2. The van der Waals surface area contributed by atoms with Gasteiger partial charge in [0, 0.05) is 12.3 Å². The predicted octanol–water partition coefficient (Wildman–Crippen LogP) is -1.34. The second kappa shape index (κ2) is 1.54. The molecule has 0 aliphatic rings. The molecule has 0 amide bonds. The van der Waals surface area contributed by atoms with Crippen LogP contribution in [0.15, 0.2) is 9.59 Å². The molecule has 0 spiro atoms. The van der Waals surface area contributed by atoms with E-state index in [2.05, 4.69) is 17.2 Å². The summed E-state index contributed by atoms with van der Waals surface area (Å²) >= 11 is 0. The van der Waals surface area contributed by atoms with E-state index in [0.29, 0.717) is 0 Å². The largest absolute Gasteiger partial charge is 0.333 e. The lowest BCUT2D eigenvalue weighted by atomic mass is 10.8. The molecule has 0 radical (unpaired) electrons. The van der Waals surface area contributed by atoms with E-state index in [1.807, 2.05) is 4.98 Å². The highest BCUT2D eigenvalue weighted by Crippen LogP contribution is 1.36. The lowest BCUT2D eigenvalue weighted by Gasteiger charge is -1.68. The molecule has 0 atom stereocenters. The topological polar surface area (TPSA) is 65.7 Å². The lowest BCUT2D eigenvalue weighted by molar-refractivity contribution is 1.05. The van der Waals surface area contributed by atoms with E-state index in [-0.39, 0.29) is 0 Å². The monoisotopic (exact) mass is 110 g/mol. The van der Waals surface area contributed by atoms with Crippen molar-refractivity contribution in [3.63, 3.8) is 0 Å². The summed E-state index contributed by atoms with van der Waals surface area (Å²) in [7, 11) is 0. The zero-order valence-corrected chi connectivity index (χ0v) is 3.82. The third-order valence-corrected chi connectivity index (χ3v) is 0.579. The van der Waals surface area contributed by atoms with Gasteiger partial charge in [0.15, 0.2) is 0 Å². The standard InChI is InChI=1S/C4H2N2O2/c7-3-1-2-5-4(8)6-3/h(H2,5,6,7,8). The summed E-state index contributed by atoms with van der Waals surface area (Å²) in [4.78, 5) is 24.3. The average molecular weight is 110 g/mol. The molecule has 1 aromatic heterocycles. The number of H-pyrrole nitrogens is 2. The molecule has 1 aromatic rings. The van der Waals surface area contributed by atoms with Crippen LogP contribution in [0.1, 0.15) is 0 Å². The van der Waals surface area contributed by atoms with E-state index in [1.54, 1.807) is 0 Å². The molecular weight excluding hydrogens is 108 g/mol. The van der Waals surface area contributed by atoms with Crippen LogP contribution in [-0.2, 0) is 0 Å². The highest BCUT2D eigenvalue weighted by Gasteiger charge is 1.75. The molecule has 2 N–H and O–H groups in total. The molecule has 1 rings (SSSR count). The fraction of sp³-hybridized carbons (Fsp3) is 0. The Labute approximate surface area is 44.2 Å². The number of hydrogen-bond acceptors (Lipinski definition) is 2. The fourth-order valence-corrected chi connectivity index (χ4v) is 0.310. The summed E-state index contributed by atoms with van der Waals surface area (Å²) < 4.78 is 0. The van der Waals surface area contributed by atoms with Crippen LogP contribution in [0.2, 0.25) is 0 Å². The Morgan fingerprint density at radius 1 is 1.38 bits per heavy atom. The Balaban J connectivity index is 3.50. The molecule has 0 fully saturated rings. The average Bonchev–Trinajstić information content (AvgIpc) is 1.64. The lowest BCUT2D eigenvalue weighted by Crippen LogP contribution is -2.17. The molecule has 40 valence electrons. The van der Waals surface area contributed by atoms with Crippen LogP contribution in [0.5, 0.6) is 0 Å². The Morgan fingerprint density at radius 3 is 2.50 bits per heavy atom. The quantitative estimate of drug-likeness (QED) is 0.434. The maximum absolute atomic E-state index is 10.1. The maximum atomic E-state index is 10.1. The van der Waals surface area contributed by atoms with Crippen molar-refractivity contribution in [2.24, 2.45) is 0 Å². The van der Waals surface area contributed by atoms with Gasteiger partial charge in [-0.05, 0) is 0 Å². The van der Waals surface area contributed by atoms with Crippen molar-refractivity contribution in [3.8, 4) is 0 Å². The summed E-state index contributed by atoms with van der Waals surface area (Å²) in [5.41, 5.74) is -1.12. The van der Waals surface area contributed by atoms with Gasteiger partial charge in [-0.25, -0.2) is 4.79 Å². The minimum absolute atomic E-state index is 0.561. The van der Waals surface area contributed by atoms with Gasteiger partial charge < -0.3 is 0 Å². The molecule has 0 unspecified atom stereocenters. The SMILES string of the molecule is O=c1c#c[nH]c(=O)[nH]1. The van der Waals surface area contributed by atoms with E-state index < -0.39 is 11.2 Å². The molecule has 8 heavy (non-hydrogen) atoms. The first-order chi connectivity index (χ1) is 3.79. The van der Waals surface area contributed by atoms with Crippen molar-refractivity contribution >= 4 is 0 Å². The van der Waals surface area contributed by atoms with E-state index in [9.17, 15) is 9.59 Å². The molecule has 0 bridgehead atoms. The number of nitrogens with one attached hydrogen (secondary N) is 2. The second-order valence-corrected chi connectivity index (χ2v) is 1.16. The van der Waals surface area contributed by atoms with Gasteiger partial charge in [-0.1, -0.05) is 0 Å². The van der Waals surface area contributed by atoms with Crippen LogP contribution in [0.4, 0.5) is 0 Å². The third kappa shape index (κ3) is 0.763. The van der Waals surface area contributed by atoms with Crippen LogP contribution in [-0.4, -0.2) is 9.97 Å². The van der Waals surface area contributed by atoms with Crippen LogP contribution in [0.3, 0.4) is 0 Å². The van der Waals surface area contributed by atoms with Crippen molar-refractivity contribution in [2.75, 3.05) is 0 Å². The van der Waals surface area contributed by atoms with Gasteiger partial charge in [0.25, 0.3) is 0 Å². The number of aromatic nitrogens is 2. The molecule has 1 heterocycles. The summed E-state index contributed by atoms with van der Waals surface area (Å²) in [5.74, 6) is 0. The molecule has 0 aliphatic heterocycles. The van der Waals surface area contributed by atoms with Gasteiger partial charge in [0.05, 0.1) is 0 Å². The van der Waals surface area contributed by atoms with Crippen molar-refractivity contribution in [1.82, 2.24) is 9.97 Å². The first kappa shape index (κ1) is 4.65. The molecule has 0 saturated carbocycles. The Morgan fingerprint density at radius 2 is 2.12 bits per heavy atom. The highest BCUT2D eigenvalue weighted by atomic mass is 16.2. The molecule has 0 aromatic carbocycles. The maximum Gasteiger partial charge on any atom is 0.333 e. The van der Waals surface area contributed by atoms with Gasteiger partial charge in [-0.15, -0.1) is 0 Å². The van der Waals surface area contributed by atoms with Gasteiger partial charge >= 0.3 is 11.2 Å². The van der Waals surface area contributed by atoms with Crippen LogP contribution in [0.25, 0.3) is 0 Å². The van der Waals surface area contributed by atoms with Crippen molar-refractivity contribution in [2.45, 2.75) is 0 Å². The summed E-state index contributed by atoms with van der Waals surface area (Å²) in [6.45, 7) is 0. The fourth-order valence-electron chi connectivity index (χ4n) is 0.310. The first-order valence-electron chi connectivity index (χ1n) is 1.91. The number of rotatable bonds is 0. The van der Waals surface area contributed by atoms with Gasteiger partial charge in [0.1, 0.15) is 0 Å². The van der Waals surface area contributed by atoms with E-state index in [0.717, 1.165) is 0 Å². The molecule has 4 heteroatoms. The van der Waals surface area contributed by atoms with Gasteiger partial charge in [-0.3, -0.25) is 14.8 Å². The zero-order valence-electron chi connectivity index (χ0n) is 3.82. The van der Waals surface area contributed by atoms with Gasteiger partial charge in [-0.2, -0.15) is 0 Å². The first-order valence-corrected chi connectivity index (χ1v) is 1.91. The minimum Gasteiger partial charge on any atom is -0.266 e.